The molecule has 5 rings (SSSR count). The molecule has 7 heteroatoms. The van der Waals surface area contributed by atoms with Crippen molar-refractivity contribution in [3.8, 4) is 11.3 Å². The van der Waals surface area contributed by atoms with Crippen molar-refractivity contribution >= 4 is 29.0 Å². The maximum Gasteiger partial charge on any atom is 0.335 e. The molecule has 0 radical (unpaired) electrons. The lowest BCUT2D eigenvalue weighted by Gasteiger charge is -2.26. The number of aromatic carboxylic acids is 1. The highest BCUT2D eigenvalue weighted by Gasteiger charge is 2.42. The van der Waals surface area contributed by atoms with E-state index in [4.69, 9.17) is 21.7 Å². The fourth-order valence-electron chi connectivity index (χ4n) is 4.07. The van der Waals surface area contributed by atoms with Crippen LogP contribution < -0.4 is 10.2 Å². The highest BCUT2D eigenvalue weighted by Crippen LogP contribution is 2.42. The number of anilines is 1. The molecule has 0 saturated carbocycles. The van der Waals surface area contributed by atoms with E-state index in [1.807, 2.05) is 49.4 Å². The summed E-state index contributed by atoms with van der Waals surface area (Å²) in [7, 11) is 0. The molecule has 2 N–H and O–H groups in total. The highest BCUT2D eigenvalue weighted by molar-refractivity contribution is 7.80. The van der Waals surface area contributed by atoms with Gasteiger partial charge in [-0.25, -0.2) is 4.79 Å². The van der Waals surface area contributed by atoms with Crippen LogP contribution in [0.5, 0.6) is 0 Å². The molecule has 2 aromatic heterocycles. The quantitative estimate of drug-likeness (QED) is 0.383. The first-order chi connectivity index (χ1) is 16.0. The van der Waals surface area contributed by atoms with E-state index in [1.165, 1.54) is 5.56 Å². The van der Waals surface area contributed by atoms with Gasteiger partial charge in [-0.15, -0.1) is 0 Å². The monoisotopic (exact) mass is 455 g/mol. The highest BCUT2D eigenvalue weighted by atomic mass is 32.1. The molecular formula is C26H21N3O3S. The zero-order chi connectivity index (χ0) is 22.9. The van der Waals surface area contributed by atoms with Crippen molar-refractivity contribution in [2.24, 2.45) is 0 Å². The summed E-state index contributed by atoms with van der Waals surface area (Å²) in [6.45, 7) is 2.05. The molecule has 2 aromatic carbocycles. The van der Waals surface area contributed by atoms with Crippen LogP contribution in [0.2, 0.25) is 0 Å². The minimum atomic E-state index is -0.959. The maximum absolute atomic E-state index is 11.2. The van der Waals surface area contributed by atoms with E-state index in [-0.39, 0.29) is 17.6 Å². The molecule has 1 aliphatic heterocycles. The Morgan fingerprint density at radius 1 is 1.03 bits per heavy atom. The van der Waals surface area contributed by atoms with Crippen LogP contribution in [0.25, 0.3) is 11.3 Å². The van der Waals surface area contributed by atoms with Crippen molar-refractivity contribution in [2.45, 2.75) is 19.0 Å². The van der Waals surface area contributed by atoms with Crippen LogP contribution in [0, 0.1) is 6.92 Å². The summed E-state index contributed by atoms with van der Waals surface area (Å²) in [6, 6.07) is 24.0. The number of nitrogens with one attached hydrogen (secondary N) is 1. The van der Waals surface area contributed by atoms with Crippen molar-refractivity contribution in [2.75, 3.05) is 4.90 Å². The van der Waals surface area contributed by atoms with Crippen molar-refractivity contribution in [1.82, 2.24) is 10.3 Å². The van der Waals surface area contributed by atoms with Gasteiger partial charge in [-0.2, -0.15) is 0 Å². The van der Waals surface area contributed by atoms with E-state index in [0.717, 1.165) is 22.7 Å². The van der Waals surface area contributed by atoms with Gasteiger partial charge in [-0.05, 0) is 67.7 Å². The summed E-state index contributed by atoms with van der Waals surface area (Å²) in [5, 5.41) is 13.2. The van der Waals surface area contributed by atoms with Crippen molar-refractivity contribution in [3.05, 3.63) is 108 Å². The molecular weight excluding hydrogens is 434 g/mol. The molecule has 3 heterocycles. The Morgan fingerprint density at radius 2 is 1.79 bits per heavy atom. The first kappa shape index (κ1) is 20.9. The fraction of sp³-hybridized carbons (Fsp3) is 0.115. The number of pyridine rings is 1. The minimum absolute atomic E-state index is 0.201. The van der Waals surface area contributed by atoms with Crippen molar-refractivity contribution in [1.29, 1.82) is 0 Å². The van der Waals surface area contributed by atoms with E-state index < -0.39 is 5.97 Å². The van der Waals surface area contributed by atoms with E-state index in [0.29, 0.717) is 10.9 Å². The van der Waals surface area contributed by atoms with Gasteiger partial charge in [0.2, 0.25) is 0 Å². The molecule has 1 saturated heterocycles. The first-order valence-electron chi connectivity index (χ1n) is 10.5. The third kappa shape index (κ3) is 3.99. The van der Waals surface area contributed by atoms with E-state index in [9.17, 15) is 4.79 Å². The van der Waals surface area contributed by atoms with E-state index >= 15 is 0 Å². The van der Waals surface area contributed by atoms with Gasteiger partial charge in [-0.3, -0.25) is 4.98 Å². The topological polar surface area (TPSA) is 78.6 Å². The second-order valence-corrected chi connectivity index (χ2v) is 8.30. The Bertz CT molecular complexity index is 1300. The zero-order valence-electron chi connectivity index (χ0n) is 17.8. The van der Waals surface area contributed by atoms with Gasteiger partial charge < -0.3 is 19.7 Å². The smallest absolute Gasteiger partial charge is 0.335 e. The number of carbonyl (C=O) groups is 1. The third-order valence-electron chi connectivity index (χ3n) is 5.74. The van der Waals surface area contributed by atoms with Gasteiger partial charge in [0, 0.05) is 17.4 Å². The number of hydrogen-bond acceptors (Lipinski definition) is 4. The van der Waals surface area contributed by atoms with E-state index in [1.54, 1.807) is 30.5 Å². The lowest BCUT2D eigenvalue weighted by atomic mass is 10.0. The largest absolute Gasteiger partial charge is 0.478 e. The van der Waals surface area contributed by atoms with Crippen molar-refractivity contribution in [3.63, 3.8) is 0 Å². The Kier molecular flexibility index (Phi) is 5.40. The number of furan rings is 1. The lowest BCUT2D eigenvalue weighted by Crippen LogP contribution is -2.29. The third-order valence-corrected chi connectivity index (χ3v) is 6.06. The summed E-state index contributed by atoms with van der Waals surface area (Å²) in [5.74, 6) is 0.429. The first-order valence-corrected chi connectivity index (χ1v) is 10.9. The summed E-state index contributed by atoms with van der Waals surface area (Å²) in [5.41, 5.74) is 4.03. The Hall–Kier alpha value is -3.97. The number of aryl methyl sites for hydroxylation is 1. The molecule has 164 valence electrons. The Morgan fingerprint density at radius 3 is 2.45 bits per heavy atom. The summed E-state index contributed by atoms with van der Waals surface area (Å²) >= 11 is 5.74. The average molecular weight is 456 g/mol. The predicted molar refractivity (Wildman–Crippen MR) is 130 cm³/mol. The molecule has 6 nitrogen and oxygen atoms in total. The SMILES string of the molecule is Cc1ccc(N2C(=S)N[C@H](c3ccccn3)[C@H]2c2ccc(-c3ccc(C(=O)O)cc3)o2)cc1. The number of carboxylic acids is 1. The van der Waals surface area contributed by atoms with Crippen LogP contribution in [-0.4, -0.2) is 21.2 Å². The number of nitrogens with zero attached hydrogens (tertiary/aromatic N) is 2. The number of rotatable bonds is 5. The molecule has 1 fully saturated rings. The molecule has 0 aliphatic carbocycles. The van der Waals surface area contributed by atoms with Crippen LogP contribution in [0.15, 0.2) is 89.5 Å². The number of hydrogen-bond donors (Lipinski definition) is 2. The summed E-state index contributed by atoms with van der Waals surface area (Å²) in [6.07, 6.45) is 1.77. The molecule has 2 atom stereocenters. The molecule has 0 spiro atoms. The van der Waals surface area contributed by atoms with Gasteiger partial charge in [0.1, 0.15) is 17.6 Å². The molecule has 4 aromatic rings. The number of benzene rings is 2. The Balaban J connectivity index is 1.56. The van der Waals surface area contributed by atoms with Gasteiger partial charge in [-0.1, -0.05) is 35.9 Å². The standard InChI is InChI=1S/C26H21N3O3S/c1-16-5-11-19(12-6-16)29-24(23(28-26(29)33)20-4-2-3-15-27-20)22-14-13-21(32-22)17-7-9-18(10-8-17)25(30)31/h2-15,23-24H,1H3,(H,28,33)(H,30,31)/t23-,24-/m1/s1. The van der Waals surface area contributed by atoms with Gasteiger partial charge >= 0.3 is 5.97 Å². The van der Waals surface area contributed by atoms with Gasteiger partial charge in [0.05, 0.1) is 17.3 Å². The van der Waals surface area contributed by atoms with Crippen LogP contribution in [0.4, 0.5) is 5.69 Å². The average Bonchev–Trinajstić information content (AvgIpc) is 3.45. The summed E-state index contributed by atoms with van der Waals surface area (Å²) in [4.78, 5) is 17.8. The summed E-state index contributed by atoms with van der Waals surface area (Å²) < 4.78 is 6.31. The van der Waals surface area contributed by atoms with Crippen LogP contribution >= 0.6 is 12.2 Å². The second kappa shape index (κ2) is 8.52. The molecule has 0 amide bonds. The molecule has 33 heavy (non-hydrogen) atoms. The predicted octanol–water partition coefficient (Wildman–Crippen LogP) is 5.53. The lowest BCUT2D eigenvalue weighted by molar-refractivity contribution is 0.0697. The van der Waals surface area contributed by atoms with Crippen LogP contribution in [0.1, 0.15) is 39.5 Å². The van der Waals surface area contributed by atoms with E-state index in [2.05, 4.69) is 27.3 Å². The normalized spacial score (nSPS) is 17.7. The van der Waals surface area contributed by atoms with Crippen LogP contribution in [0.3, 0.4) is 0 Å². The zero-order valence-corrected chi connectivity index (χ0v) is 18.6. The fourth-order valence-corrected chi connectivity index (χ4v) is 4.42. The molecule has 0 bridgehead atoms. The van der Waals surface area contributed by atoms with Crippen LogP contribution in [-0.2, 0) is 0 Å². The van der Waals surface area contributed by atoms with Gasteiger partial charge in [0.25, 0.3) is 0 Å². The minimum Gasteiger partial charge on any atom is -0.478 e. The maximum atomic E-state index is 11.2. The van der Waals surface area contributed by atoms with Gasteiger partial charge in [0.15, 0.2) is 5.11 Å². The number of carboxylic acid groups (broad SMARTS) is 1. The molecule has 1 aliphatic rings. The second-order valence-electron chi connectivity index (χ2n) is 7.92. The number of aromatic nitrogens is 1. The molecule has 0 unspecified atom stereocenters. The number of thiocarbonyl (C=S) groups is 1. The Labute approximate surface area is 196 Å². The van der Waals surface area contributed by atoms with Crippen molar-refractivity contribution < 1.29 is 14.3 Å².